The molecule has 0 spiro atoms. The highest BCUT2D eigenvalue weighted by Gasteiger charge is 2.39. The largest absolute Gasteiger partial charge is 0.464 e. The lowest BCUT2D eigenvalue weighted by Crippen LogP contribution is -2.48. The molecule has 134 valence electrons. The van der Waals surface area contributed by atoms with Gasteiger partial charge in [0.25, 0.3) is 0 Å². The summed E-state index contributed by atoms with van der Waals surface area (Å²) in [5.41, 5.74) is 0.0572. The number of carbonyl (C=O) groups is 1. The Bertz CT molecular complexity index is 781. The van der Waals surface area contributed by atoms with Crippen molar-refractivity contribution in [3.05, 3.63) is 30.2 Å². The number of rotatable bonds is 4. The predicted octanol–water partition coefficient (Wildman–Crippen LogP) is 3.07. The van der Waals surface area contributed by atoms with Gasteiger partial charge in [0.1, 0.15) is 5.82 Å². The summed E-state index contributed by atoms with van der Waals surface area (Å²) in [7, 11) is 0. The van der Waals surface area contributed by atoms with Gasteiger partial charge in [0.15, 0.2) is 6.10 Å². The summed E-state index contributed by atoms with van der Waals surface area (Å²) in [6, 6.07) is 4.34. The molecule has 6 nitrogen and oxygen atoms in total. The molecule has 2 heterocycles. The van der Waals surface area contributed by atoms with Gasteiger partial charge in [-0.2, -0.15) is 0 Å². The molecule has 1 saturated heterocycles. The molecule has 0 bridgehead atoms. The van der Waals surface area contributed by atoms with Crippen molar-refractivity contribution < 1.29 is 18.7 Å². The molecule has 0 saturated carbocycles. The van der Waals surface area contributed by atoms with Crippen LogP contribution in [-0.2, 0) is 14.3 Å². The van der Waals surface area contributed by atoms with Crippen molar-refractivity contribution in [2.75, 3.05) is 11.9 Å². The molecular weight excluding hydrogens is 325 g/mol. The van der Waals surface area contributed by atoms with E-state index in [4.69, 9.17) is 9.47 Å². The normalized spacial score (nSPS) is 22.6. The van der Waals surface area contributed by atoms with Gasteiger partial charge in [-0.1, -0.05) is 0 Å². The number of carbonyl (C=O) groups excluding carboxylic acids is 1. The third-order valence-corrected chi connectivity index (χ3v) is 4.13. The monoisotopic (exact) mass is 347 g/mol. The summed E-state index contributed by atoms with van der Waals surface area (Å²) >= 11 is 0. The van der Waals surface area contributed by atoms with E-state index in [2.05, 4.69) is 15.3 Å². The van der Waals surface area contributed by atoms with Gasteiger partial charge >= 0.3 is 5.97 Å². The molecule has 2 aromatic rings. The standard InChI is InChI=1S/C18H22FN3O3/c1-4-24-16(23)15-8-13(9-18(2,3)25-15)21-17-20-10-11-5-6-12(19)7-14(11)22-17/h5-7,10,13,15H,4,8-9H2,1-3H3,(H,20,21,22)/t13-,15+/m1/s1. The first-order chi connectivity index (χ1) is 11.9. The van der Waals surface area contributed by atoms with Crippen molar-refractivity contribution in [2.45, 2.75) is 51.4 Å². The topological polar surface area (TPSA) is 73.3 Å². The smallest absolute Gasteiger partial charge is 0.335 e. The Morgan fingerprint density at radius 2 is 2.28 bits per heavy atom. The molecular formula is C18H22FN3O3. The lowest BCUT2D eigenvalue weighted by Gasteiger charge is -2.39. The SMILES string of the molecule is CCOC(=O)[C@@H]1C[C@@H](Nc2ncc3ccc(F)cc3n2)CC(C)(C)O1. The highest BCUT2D eigenvalue weighted by atomic mass is 19.1. The molecule has 0 aliphatic carbocycles. The van der Waals surface area contributed by atoms with Crippen LogP contribution in [0.25, 0.3) is 10.9 Å². The van der Waals surface area contributed by atoms with Gasteiger partial charge in [0.2, 0.25) is 5.95 Å². The molecule has 1 aromatic heterocycles. The lowest BCUT2D eigenvalue weighted by atomic mass is 9.90. The molecule has 0 amide bonds. The second kappa shape index (κ2) is 6.92. The van der Waals surface area contributed by atoms with Crippen LogP contribution in [-0.4, -0.2) is 40.3 Å². The number of nitrogens with one attached hydrogen (secondary N) is 1. The molecule has 25 heavy (non-hydrogen) atoms. The number of hydrogen-bond donors (Lipinski definition) is 1. The van der Waals surface area contributed by atoms with Crippen LogP contribution in [0.1, 0.15) is 33.6 Å². The maximum absolute atomic E-state index is 13.4. The molecule has 3 rings (SSSR count). The first-order valence-electron chi connectivity index (χ1n) is 8.39. The summed E-state index contributed by atoms with van der Waals surface area (Å²) in [5, 5.41) is 4.01. The number of hydrogen-bond acceptors (Lipinski definition) is 6. The molecule has 1 aliphatic rings. The number of halogens is 1. The molecule has 0 unspecified atom stereocenters. The van der Waals surface area contributed by atoms with E-state index in [9.17, 15) is 9.18 Å². The second-order valence-electron chi connectivity index (χ2n) is 6.80. The van der Waals surface area contributed by atoms with Gasteiger partial charge in [-0.25, -0.2) is 19.2 Å². The average Bonchev–Trinajstić information content (AvgIpc) is 2.53. The fourth-order valence-corrected chi connectivity index (χ4v) is 3.15. The number of ether oxygens (including phenoxy) is 2. The number of fused-ring (bicyclic) bond motifs is 1. The predicted molar refractivity (Wildman–Crippen MR) is 91.7 cm³/mol. The van der Waals surface area contributed by atoms with Gasteiger partial charge in [-0.3, -0.25) is 0 Å². The van der Waals surface area contributed by atoms with Gasteiger partial charge in [-0.05, 0) is 39.3 Å². The molecule has 1 aromatic carbocycles. The second-order valence-corrected chi connectivity index (χ2v) is 6.80. The number of esters is 1. The Balaban J connectivity index is 1.77. The Kier molecular flexibility index (Phi) is 4.85. The fourth-order valence-electron chi connectivity index (χ4n) is 3.15. The Morgan fingerprint density at radius 1 is 1.48 bits per heavy atom. The fraction of sp³-hybridized carbons (Fsp3) is 0.500. The third kappa shape index (κ3) is 4.22. The van der Waals surface area contributed by atoms with Gasteiger partial charge in [0, 0.05) is 30.1 Å². The summed E-state index contributed by atoms with van der Waals surface area (Å²) in [5.74, 6) is -0.293. The summed E-state index contributed by atoms with van der Waals surface area (Å²) < 4.78 is 24.3. The van der Waals surface area contributed by atoms with E-state index >= 15 is 0 Å². The van der Waals surface area contributed by atoms with Crippen molar-refractivity contribution in [2.24, 2.45) is 0 Å². The zero-order chi connectivity index (χ0) is 18.0. The van der Waals surface area contributed by atoms with E-state index < -0.39 is 11.7 Å². The Labute approximate surface area is 145 Å². The van der Waals surface area contributed by atoms with E-state index in [1.54, 1.807) is 19.2 Å². The van der Waals surface area contributed by atoms with Crippen molar-refractivity contribution in [1.29, 1.82) is 0 Å². The van der Waals surface area contributed by atoms with Crippen LogP contribution in [0.15, 0.2) is 24.4 Å². The molecule has 2 atom stereocenters. The number of benzene rings is 1. The van der Waals surface area contributed by atoms with E-state index in [0.29, 0.717) is 30.9 Å². The van der Waals surface area contributed by atoms with Crippen LogP contribution in [0.3, 0.4) is 0 Å². The van der Waals surface area contributed by atoms with Crippen molar-refractivity contribution in [1.82, 2.24) is 9.97 Å². The molecule has 0 radical (unpaired) electrons. The first kappa shape index (κ1) is 17.5. The van der Waals surface area contributed by atoms with Gasteiger partial charge < -0.3 is 14.8 Å². The highest BCUT2D eigenvalue weighted by molar-refractivity contribution is 5.78. The third-order valence-electron chi connectivity index (χ3n) is 4.13. The maximum atomic E-state index is 13.4. The Morgan fingerprint density at radius 3 is 3.04 bits per heavy atom. The molecule has 7 heteroatoms. The minimum Gasteiger partial charge on any atom is -0.464 e. The number of aromatic nitrogens is 2. The molecule has 1 aliphatic heterocycles. The molecule has 1 N–H and O–H groups in total. The summed E-state index contributed by atoms with van der Waals surface area (Å²) in [6.45, 7) is 5.95. The average molecular weight is 347 g/mol. The lowest BCUT2D eigenvalue weighted by molar-refractivity contribution is -0.176. The van der Waals surface area contributed by atoms with E-state index in [1.807, 2.05) is 13.8 Å². The van der Waals surface area contributed by atoms with E-state index in [-0.39, 0.29) is 17.8 Å². The minimum absolute atomic E-state index is 0.0517. The van der Waals surface area contributed by atoms with Crippen LogP contribution >= 0.6 is 0 Å². The van der Waals surface area contributed by atoms with Gasteiger partial charge in [-0.15, -0.1) is 0 Å². The maximum Gasteiger partial charge on any atom is 0.335 e. The molecule has 1 fully saturated rings. The van der Waals surface area contributed by atoms with Crippen LogP contribution in [0.4, 0.5) is 10.3 Å². The van der Waals surface area contributed by atoms with Crippen molar-refractivity contribution in [3.63, 3.8) is 0 Å². The zero-order valence-corrected chi connectivity index (χ0v) is 14.6. The van der Waals surface area contributed by atoms with Crippen LogP contribution in [0, 0.1) is 5.82 Å². The van der Waals surface area contributed by atoms with E-state index in [0.717, 1.165) is 5.39 Å². The van der Waals surface area contributed by atoms with Crippen molar-refractivity contribution >= 4 is 22.8 Å². The van der Waals surface area contributed by atoms with Gasteiger partial charge in [0.05, 0.1) is 17.7 Å². The quantitative estimate of drug-likeness (QED) is 0.857. The minimum atomic E-state index is -0.626. The van der Waals surface area contributed by atoms with Crippen LogP contribution in [0.5, 0.6) is 0 Å². The van der Waals surface area contributed by atoms with Crippen molar-refractivity contribution in [3.8, 4) is 0 Å². The number of anilines is 1. The van der Waals surface area contributed by atoms with Crippen LogP contribution in [0.2, 0.25) is 0 Å². The number of nitrogens with zero attached hydrogens (tertiary/aromatic N) is 2. The van der Waals surface area contributed by atoms with Crippen LogP contribution < -0.4 is 5.32 Å². The summed E-state index contributed by atoms with van der Waals surface area (Å²) in [6.07, 6.45) is 2.18. The van der Waals surface area contributed by atoms with E-state index in [1.165, 1.54) is 12.1 Å². The first-order valence-corrected chi connectivity index (χ1v) is 8.39. The Hall–Kier alpha value is -2.28. The highest BCUT2D eigenvalue weighted by Crippen LogP contribution is 2.30. The zero-order valence-electron chi connectivity index (χ0n) is 14.6. The summed E-state index contributed by atoms with van der Waals surface area (Å²) in [4.78, 5) is 20.7.